The van der Waals surface area contributed by atoms with Crippen molar-refractivity contribution in [2.24, 2.45) is 10.9 Å². The molecule has 138 valence electrons. The molecule has 2 saturated heterocycles. The summed E-state index contributed by atoms with van der Waals surface area (Å²) in [7, 11) is 1.80. The van der Waals surface area contributed by atoms with E-state index < -0.39 is 0 Å². The second kappa shape index (κ2) is 9.70. The van der Waals surface area contributed by atoms with E-state index in [1.807, 2.05) is 24.4 Å². The van der Waals surface area contributed by atoms with Gasteiger partial charge in [0.2, 0.25) is 0 Å². The molecule has 25 heavy (non-hydrogen) atoms. The number of ether oxygens (including phenoxy) is 2. The highest BCUT2D eigenvalue weighted by atomic mass is 16.5. The highest BCUT2D eigenvalue weighted by Gasteiger charge is 2.31. The predicted octanol–water partition coefficient (Wildman–Crippen LogP) is 0.484. The first-order chi connectivity index (χ1) is 12.4. The maximum absolute atomic E-state index is 5.63. The highest BCUT2D eigenvalue weighted by molar-refractivity contribution is 5.79. The Bertz CT molecular complexity index is 528. The molecule has 0 aliphatic carbocycles. The Balaban J connectivity index is 1.53. The molecule has 2 N–H and O–H groups in total. The van der Waals surface area contributed by atoms with Crippen molar-refractivity contribution < 1.29 is 9.47 Å². The van der Waals surface area contributed by atoms with Crippen molar-refractivity contribution in [3.8, 4) is 0 Å². The van der Waals surface area contributed by atoms with Gasteiger partial charge in [0.1, 0.15) is 0 Å². The van der Waals surface area contributed by atoms with Crippen molar-refractivity contribution >= 4 is 5.96 Å². The van der Waals surface area contributed by atoms with Gasteiger partial charge in [-0.2, -0.15) is 0 Å². The Morgan fingerprint density at radius 2 is 2.16 bits per heavy atom. The third kappa shape index (κ3) is 5.39. The molecule has 0 spiro atoms. The molecule has 2 fully saturated rings. The van der Waals surface area contributed by atoms with Gasteiger partial charge in [0.25, 0.3) is 0 Å². The van der Waals surface area contributed by atoms with Gasteiger partial charge in [-0.05, 0) is 18.6 Å². The van der Waals surface area contributed by atoms with Gasteiger partial charge < -0.3 is 20.1 Å². The highest BCUT2D eigenvalue weighted by Crippen LogP contribution is 2.21. The van der Waals surface area contributed by atoms with Crippen LogP contribution in [-0.2, 0) is 16.0 Å². The van der Waals surface area contributed by atoms with Gasteiger partial charge in [-0.25, -0.2) is 0 Å². The number of hydrogen-bond donors (Lipinski definition) is 2. The third-order valence-corrected chi connectivity index (χ3v) is 4.89. The van der Waals surface area contributed by atoms with Crippen LogP contribution in [0, 0.1) is 5.92 Å². The SMILES string of the molecule is CN=C(NCc1ccccn1)NCC(C1CCOC1)N1CCOCC1. The number of nitrogens with zero attached hydrogens (tertiary/aromatic N) is 3. The lowest BCUT2D eigenvalue weighted by Gasteiger charge is -2.37. The van der Waals surface area contributed by atoms with E-state index in [1.54, 1.807) is 7.05 Å². The van der Waals surface area contributed by atoms with Gasteiger partial charge in [-0.1, -0.05) is 6.07 Å². The van der Waals surface area contributed by atoms with E-state index >= 15 is 0 Å². The van der Waals surface area contributed by atoms with E-state index in [-0.39, 0.29) is 0 Å². The largest absolute Gasteiger partial charge is 0.381 e. The monoisotopic (exact) mass is 347 g/mol. The zero-order chi connectivity index (χ0) is 17.3. The van der Waals surface area contributed by atoms with Gasteiger partial charge in [-0.15, -0.1) is 0 Å². The Kier molecular flexibility index (Phi) is 7.02. The standard InChI is InChI=1S/C18H29N5O2/c1-19-18(21-12-16-4-2-3-6-20-16)22-13-17(15-5-9-25-14-15)23-7-10-24-11-8-23/h2-4,6,15,17H,5,7-14H2,1H3,(H2,19,21,22). The van der Waals surface area contributed by atoms with Crippen LogP contribution >= 0.6 is 0 Å². The average molecular weight is 347 g/mol. The summed E-state index contributed by atoms with van der Waals surface area (Å²) < 4.78 is 11.1. The first kappa shape index (κ1) is 18.1. The fourth-order valence-electron chi connectivity index (χ4n) is 3.46. The van der Waals surface area contributed by atoms with Gasteiger partial charge in [0, 0.05) is 51.4 Å². The van der Waals surface area contributed by atoms with E-state index in [2.05, 4.69) is 25.5 Å². The molecule has 1 aromatic rings. The Labute approximate surface area is 149 Å². The van der Waals surface area contributed by atoms with Crippen molar-refractivity contribution in [1.29, 1.82) is 0 Å². The number of morpholine rings is 1. The smallest absolute Gasteiger partial charge is 0.191 e. The number of guanidine groups is 1. The average Bonchev–Trinajstić information content (AvgIpc) is 3.20. The molecule has 2 aliphatic heterocycles. The molecule has 7 heteroatoms. The van der Waals surface area contributed by atoms with Gasteiger partial charge >= 0.3 is 0 Å². The summed E-state index contributed by atoms with van der Waals surface area (Å²) in [5, 5.41) is 6.82. The lowest BCUT2D eigenvalue weighted by atomic mass is 9.97. The molecule has 0 saturated carbocycles. The number of rotatable bonds is 6. The van der Waals surface area contributed by atoms with Crippen LogP contribution in [0.3, 0.4) is 0 Å². The van der Waals surface area contributed by atoms with Gasteiger partial charge in [0.05, 0.1) is 32.1 Å². The summed E-state index contributed by atoms with van der Waals surface area (Å²) in [4.78, 5) is 11.2. The van der Waals surface area contributed by atoms with Crippen molar-refractivity contribution in [2.45, 2.75) is 19.0 Å². The van der Waals surface area contributed by atoms with Crippen LogP contribution in [0.15, 0.2) is 29.4 Å². The second-order valence-corrected chi connectivity index (χ2v) is 6.47. The first-order valence-corrected chi connectivity index (χ1v) is 9.11. The number of pyridine rings is 1. The van der Waals surface area contributed by atoms with Crippen LogP contribution in [0.2, 0.25) is 0 Å². The molecular weight excluding hydrogens is 318 g/mol. The van der Waals surface area contributed by atoms with Crippen molar-refractivity contribution in [1.82, 2.24) is 20.5 Å². The molecule has 2 atom stereocenters. The normalized spacial score (nSPS) is 23.4. The van der Waals surface area contributed by atoms with E-state index in [0.29, 0.717) is 18.5 Å². The maximum Gasteiger partial charge on any atom is 0.191 e. The molecule has 3 heterocycles. The fourth-order valence-corrected chi connectivity index (χ4v) is 3.46. The second-order valence-electron chi connectivity index (χ2n) is 6.47. The number of aliphatic imine (C=N–C) groups is 1. The molecular formula is C18H29N5O2. The van der Waals surface area contributed by atoms with Crippen molar-refractivity contribution in [2.75, 3.05) is 53.1 Å². The van der Waals surface area contributed by atoms with Crippen LogP contribution in [-0.4, -0.2) is 75.0 Å². The van der Waals surface area contributed by atoms with Crippen LogP contribution < -0.4 is 10.6 Å². The predicted molar refractivity (Wildman–Crippen MR) is 97.5 cm³/mol. The molecule has 0 aromatic carbocycles. The Hall–Kier alpha value is -1.70. The molecule has 0 bridgehead atoms. The van der Waals surface area contributed by atoms with Crippen LogP contribution in [0.5, 0.6) is 0 Å². The molecule has 0 radical (unpaired) electrons. The van der Waals surface area contributed by atoms with Crippen molar-refractivity contribution in [3.63, 3.8) is 0 Å². The van der Waals surface area contributed by atoms with Gasteiger partial charge in [0.15, 0.2) is 5.96 Å². The number of nitrogens with one attached hydrogen (secondary N) is 2. The molecule has 2 aliphatic rings. The fraction of sp³-hybridized carbons (Fsp3) is 0.667. The molecule has 2 unspecified atom stereocenters. The zero-order valence-corrected chi connectivity index (χ0v) is 15.0. The summed E-state index contributed by atoms with van der Waals surface area (Å²) in [6.45, 7) is 6.85. The maximum atomic E-state index is 5.63. The lowest BCUT2D eigenvalue weighted by Crippen LogP contribution is -2.53. The summed E-state index contributed by atoms with van der Waals surface area (Å²) in [5.74, 6) is 1.38. The van der Waals surface area contributed by atoms with Gasteiger partial charge in [-0.3, -0.25) is 14.9 Å². The summed E-state index contributed by atoms with van der Waals surface area (Å²) >= 11 is 0. The topological polar surface area (TPSA) is 71.0 Å². The first-order valence-electron chi connectivity index (χ1n) is 9.11. The third-order valence-electron chi connectivity index (χ3n) is 4.89. The van der Waals surface area contributed by atoms with E-state index in [4.69, 9.17) is 9.47 Å². The van der Waals surface area contributed by atoms with Crippen LogP contribution in [0.1, 0.15) is 12.1 Å². The molecule has 7 nitrogen and oxygen atoms in total. The van der Waals surface area contributed by atoms with E-state index in [1.165, 1.54) is 0 Å². The van der Waals surface area contributed by atoms with E-state index in [0.717, 1.165) is 64.1 Å². The summed E-state index contributed by atoms with van der Waals surface area (Å²) in [5.41, 5.74) is 0.999. The minimum atomic E-state index is 0.444. The zero-order valence-electron chi connectivity index (χ0n) is 15.0. The van der Waals surface area contributed by atoms with E-state index in [9.17, 15) is 0 Å². The molecule has 1 aromatic heterocycles. The Morgan fingerprint density at radius 3 is 2.84 bits per heavy atom. The summed E-state index contributed by atoms with van der Waals surface area (Å²) in [6, 6.07) is 6.37. The van der Waals surface area contributed by atoms with Crippen molar-refractivity contribution in [3.05, 3.63) is 30.1 Å². The van der Waals surface area contributed by atoms with Crippen LogP contribution in [0.4, 0.5) is 0 Å². The lowest BCUT2D eigenvalue weighted by molar-refractivity contribution is 0.00246. The van der Waals surface area contributed by atoms with Crippen LogP contribution in [0.25, 0.3) is 0 Å². The molecule has 3 rings (SSSR count). The number of aromatic nitrogens is 1. The quantitative estimate of drug-likeness (QED) is 0.576. The summed E-state index contributed by atoms with van der Waals surface area (Å²) in [6.07, 6.45) is 2.94. The molecule has 0 amide bonds. The Morgan fingerprint density at radius 1 is 1.28 bits per heavy atom. The number of hydrogen-bond acceptors (Lipinski definition) is 5. The minimum absolute atomic E-state index is 0.444. The minimum Gasteiger partial charge on any atom is -0.381 e.